The maximum atomic E-state index is 10.3. The molecule has 2 aromatic rings. The second kappa shape index (κ2) is 5.63. The summed E-state index contributed by atoms with van der Waals surface area (Å²) in [6.45, 7) is 0. The molecule has 0 bridgehead atoms. The molecule has 0 radical (unpaired) electrons. The first kappa shape index (κ1) is 11.9. The number of hydrogen-bond donors (Lipinski definition) is 0. The predicted octanol–water partition coefficient (Wildman–Crippen LogP) is 1.64. The highest BCUT2D eigenvalue weighted by molar-refractivity contribution is 5.83. The Morgan fingerprint density at radius 3 is 2.56 bits per heavy atom. The van der Waals surface area contributed by atoms with E-state index >= 15 is 0 Å². The summed E-state index contributed by atoms with van der Waals surface area (Å²) < 4.78 is 5.54. The summed E-state index contributed by atoms with van der Waals surface area (Å²) in [6, 6.07) is 10.6. The number of carboxylic acid groups (broad SMARTS) is 1. The van der Waals surface area contributed by atoms with E-state index in [1.54, 1.807) is 48.8 Å². The number of hydrogen-bond acceptors (Lipinski definition) is 4. The maximum Gasteiger partial charge on any atom is 0.145 e. The van der Waals surface area contributed by atoms with Crippen molar-refractivity contribution in [2.24, 2.45) is 0 Å². The van der Waals surface area contributed by atoms with Gasteiger partial charge in [-0.15, -0.1) is 0 Å². The zero-order valence-electron chi connectivity index (χ0n) is 9.45. The van der Waals surface area contributed by atoms with Gasteiger partial charge in [-0.3, -0.25) is 4.98 Å². The summed E-state index contributed by atoms with van der Waals surface area (Å²) in [6.07, 6.45) is 5.73. The van der Waals surface area contributed by atoms with E-state index < -0.39 is 5.97 Å². The fourth-order valence-corrected chi connectivity index (χ4v) is 1.35. The Balaban J connectivity index is 2.06. The Hall–Kier alpha value is -2.62. The highest BCUT2D eigenvalue weighted by Gasteiger charge is 1.96. The fraction of sp³-hybridized carbons (Fsp3) is 0. The third-order valence-corrected chi connectivity index (χ3v) is 2.16. The Kier molecular flexibility index (Phi) is 3.71. The Morgan fingerprint density at radius 1 is 1.17 bits per heavy atom. The van der Waals surface area contributed by atoms with Gasteiger partial charge in [-0.25, -0.2) is 0 Å². The van der Waals surface area contributed by atoms with Crippen LogP contribution in [0.4, 0.5) is 0 Å². The average Bonchev–Trinajstić information content (AvgIpc) is 2.39. The molecule has 2 rings (SSSR count). The van der Waals surface area contributed by atoms with E-state index in [0.29, 0.717) is 11.5 Å². The quantitative estimate of drug-likeness (QED) is 0.762. The van der Waals surface area contributed by atoms with Crippen LogP contribution in [-0.4, -0.2) is 11.0 Å². The molecule has 0 aliphatic carbocycles. The lowest BCUT2D eigenvalue weighted by Gasteiger charge is -2.04. The van der Waals surface area contributed by atoms with E-state index in [2.05, 4.69) is 4.98 Å². The highest BCUT2D eigenvalue weighted by Crippen LogP contribution is 2.20. The molecule has 0 atom stereocenters. The van der Waals surface area contributed by atoms with Crippen molar-refractivity contribution in [2.75, 3.05) is 0 Å². The van der Waals surface area contributed by atoms with Crippen molar-refractivity contribution in [1.82, 2.24) is 4.98 Å². The SMILES string of the molecule is O=C([O-])/C=C/c1ccc(Oc2cccnc2)cc1. The minimum atomic E-state index is -1.22. The number of aromatic nitrogens is 1. The molecule has 18 heavy (non-hydrogen) atoms. The van der Waals surface area contributed by atoms with Crippen LogP contribution in [0, 0.1) is 0 Å². The standard InChI is InChI=1S/C14H11NO3/c16-14(17)8-5-11-3-6-12(7-4-11)18-13-2-1-9-15-10-13/h1-10H,(H,16,17)/p-1/b8-5+. The molecule has 0 aliphatic heterocycles. The van der Waals surface area contributed by atoms with Gasteiger partial charge in [-0.05, 0) is 35.9 Å². The minimum Gasteiger partial charge on any atom is -0.545 e. The van der Waals surface area contributed by atoms with Crippen LogP contribution >= 0.6 is 0 Å². The normalized spacial score (nSPS) is 10.4. The van der Waals surface area contributed by atoms with Gasteiger partial charge in [0.05, 0.1) is 12.2 Å². The third kappa shape index (κ3) is 3.45. The largest absolute Gasteiger partial charge is 0.545 e. The second-order valence-electron chi connectivity index (χ2n) is 3.51. The van der Waals surface area contributed by atoms with Crippen molar-refractivity contribution in [3.63, 3.8) is 0 Å². The molecule has 0 N–H and O–H groups in total. The number of benzene rings is 1. The van der Waals surface area contributed by atoms with Crippen molar-refractivity contribution >= 4 is 12.0 Å². The van der Waals surface area contributed by atoms with Gasteiger partial charge in [0.2, 0.25) is 0 Å². The monoisotopic (exact) mass is 240 g/mol. The molecule has 0 aliphatic rings. The molecule has 0 amide bonds. The topological polar surface area (TPSA) is 62.2 Å². The first-order chi connectivity index (χ1) is 8.74. The van der Waals surface area contributed by atoms with E-state index in [1.165, 1.54) is 6.08 Å². The van der Waals surface area contributed by atoms with E-state index in [4.69, 9.17) is 4.74 Å². The minimum absolute atomic E-state index is 0.649. The summed E-state index contributed by atoms with van der Waals surface area (Å²) in [5.41, 5.74) is 0.762. The summed E-state index contributed by atoms with van der Waals surface area (Å²) in [5.74, 6) is 0.0924. The van der Waals surface area contributed by atoms with Gasteiger partial charge in [0.15, 0.2) is 0 Å². The molecule has 1 heterocycles. The van der Waals surface area contributed by atoms with Gasteiger partial charge in [-0.1, -0.05) is 18.2 Å². The molecule has 90 valence electrons. The molecule has 4 heteroatoms. The number of carbonyl (C=O) groups is 1. The third-order valence-electron chi connectivity index (χ3n) is 2.16. The van der Waals surface area contributed by atoms with Gasteiger partial charge in [-0.2, -0.15) is 0 Å². The maximum absolute atomic E-state index is 10.3. The number of aliphatic carboxylic acids is 1. The lowest BCUT2D eigenvalue weighted by Crippen LogP contribution is -2.18. The van der Waals surface area contributed by atoms with Gasteiger partial charge >= 0.3 is 0 Å². The lowest BCUT2D eigenvalue weighted by atomic mass is 10.2. The summed E-state index contributed by atoms with van der Waals surface area (Å²) >= 11 is 0. The predicted molar refractivity (Wildman–Crippen MR) is 64.8 cm³/mol. The lowest BCUT2D eigenvalue weighted by molar-refractivity contribution is -0.297. The van der Waals surface area contributed by atoms with Crippen molar-refractivity contribution in [3.8, 4) is 11.5 Å². The highest BCUT2D eigenvalue weighted by atomic mass is 16.5. The summed E-state index contributed by atoms with van der Waals surface area (Å²) in [5, 5.41) is 10.3. The van der Waals surface area contributed by atoms with Gasteiger partial charge in [0.25, 0.3) is 0 Å². The molecule has 0 unspecified atom stereocenters. The molecule has 0 saturated carbocycles. The number of rotatable bonds is 4. The molecular formula is C14H10NO3-. The van der Waals surface area contributed by atoms with E-state index in [1.807, 2.05) is 0 Å². The van der Waals surface area contributed by atoms with Crippen LogP contribution < -0.4 is 9.84 Å². The van der Waals surface area contributed by atoms with Crippen molar-refractivity contribution in [3.05, 3.63) is 60.4 Å². The van der Waals surface area contributed by atoms with E-state index in [-0.39, 0.29) is 0 Å². The van der Waals surface area contributed by atoms with Gasteiger partial charge in [0, 0.05) is 6.20 Å². The first-order valence-electron chi connectivity index (χ1n) is 5.31. The van der Waals surface area contributed by atoms with Crippen LogP contribution in [0.1, 0.15) is 5.56 Å². The molecule has 0 fully saturated rings. The average molecular weight is 240 g/mol. The molecule has 0 saturated heterocycles. The zero-order chi connectivity index (χ0) is 12.8. The van der Waals surface area contributed by atoms with Crippen LogP contribution in [0.5, 0.6) is 11.5 Å². The van der Waals surface area contributed by atoms with Gasteiger partial charge < -0.3 is 14.6 Å². The number of ether oxygens (including phenoxy) is 1. The fourth-order valence-electron chi connectivity index (χ4n) is 1.35. The number of pyridine rings is 1. The number of nitrogens with zero attached hydrogens (tertiary/aromatic N) is 1. The molecule has 1 aromatic heterocycles. The Labute approximate surface area is 104 Å². The van der Waals surface area contributed by atoms with Crippen LogP contribution in [0.2, 0.25) is 0 Å². The summed E-state index contributed by atoms with van der Waals surface area (Å²) in [7, 11) is 0. The molecule has 0 spiro atoms. The number of carbonyl (C=O) groups excluding carboxylic acids is 1. The molecule has 1 aromatic carbocycles. The number of carboxylic acids is 1. The smallest absolute Gasteiger partial charge is 0.145 e. The van der Waals surface area contributed by atoms with Crippen molar-refractivity contribution < 1.29 is 14.6 Å². The van der Waals surface area contributed by atoms with Crippen LogP contribution in [0.25, 0.3) is 6.08 Å². The van der Waals surface area contributed by atoms with Crippen LogP contribution in [0.15, 0.2) is 54.9 Å². The Morgan fingerprint density at radius 2 is 1.94 bits per heavy atom. The van der Waals surface area contributed by atoms with Gasteiger partial charge in [0.1, 0.15) is 11.5 Å². The van der Waals surface area contributed by atoms with Crippen molar-refractivity contribution in [2.45, 2.75) is 0 Å². The Bertz CT molecular complexity index is 547. The first-order valence-corrected chi connectivity index (χ1v) is 5.31. The molecular weight excluding hydrogens is 230 g/mol. The zero-order valence-corrected chi connectivity index (χ0v) is 9.45. The van der Waals surface area contributed by atoms with Crippen molar-refractivity contribution in [1.29, 1.82) is 0 Å². The van der Waals surface area contributed by atoms with E-state index in [9.17, 15) is 9.90 Å². The second-order valence-corrected chi connectivity index (χ2v) is 3.51. The van der Waals surface area contributed by atoms with E-state index in [0.717, 1.165) is 11.6 Å². The molecule has 4 nitrogen and oxygen atoms in total. The van der Waals surface area contributed by atoms with Crippen LogP contribution in [0.3, 0.4) is 0 Å². The van der Waals surface area contributed by atoms with Crippen LogP contribution in [-0.2, 0) is 4.79 Å². The summed E-state index contributed by atoms with van der Waals surface area (Å²) in [4.78, 5) is 14.2.